The van der Waals surface area contributed by atoms with E-state index in [4.69, 9.17) is 10.5 Å². The topological polar surface area (TPSA) is 72.6 Å². The Morgan fingerprint density at radius 3 is 2.31 bits per heavy atom. The number of hydrogen-bond acceptors (Lipinski definition) is 3. The summed E-state index contributed by atoms with van der Waals surface area (Å²) in [7, 11) is 0. The van der Waals surface area contributed by atoms with Crippen LogP contribution in [-0.4, -0.2) is 35.1 Å². The van der Waals surface area contributed by atoms with E-state index in [1.54, 1.807) is 4.90 Å². The Hall–Kier alpha value is -1.26. The average molecular weight is 226 g/mol. The van der Waals surface area contributed by atoms with Crippen molar-refractivity contribution in [1.82, 2.24) is 4.90 Å². The number of nitrogens with two attached hydrogens (primary N) is 1. The van der Waals surface area contributed by atoms with Crippen molar-refractivity contribution in [3.63, 3.8) is 0 Å². The van der Waals surface area contributed by atoms with E-state index in [0.29, 0.717) is 19.4 Å². The van der Waals surface area contributed by atoms with Crippen LogP contribution in [0.1, 0.15) is 33.6 Å². The molecule has 2 amide bonds. The van der Waals surface area contributed by atoms with Crippen molar-refractivity contribution in [3.8, 4) is 0 Å². The highest BCUT2D eigenvalue weighted by Gasteiger charge is 2.60. The molecular weight excluding hydrogens is 208 g/mol. The fraction of sp³-hybridized carbons (Fsp3) is 0.818. The van der Waals surface area contributed by atoms with Crippen molar-refractivity contribution in [3.05, 3.63) is 0 Å². The summed E-state index contributed by atoms with van der Waals surface area (Å²) in [6.45, 7) is 5.90. The summed E-state index contributed by atoms with van der Waals surface area (Å²) in [6.07, 6.45) is 1.06. The molecule has 2 aliphatic heterocycles. The number of fused-ring (bicyclic) bond motifs is 1. The summed E-state index contributed by atoms with van der Waals surface area (Å²) in [5.41, 5.74) is 4.38. The Balaban J connectivity index is 2.00. The van der Waals surface area contributed by atoms with Gasteiger partial charge >= 0.3 is 6.09 Å². The van der Waals surface area contributed by atoms with Gasteiger partial charge in [-0.25, -0.2) is 4.79 Å². The number of primary amides is 1. The minimum Gasteiger partial charge on any atom is -0.444 e. The maximum atomic E-state index is 11.8. The predicted molar refractivity (Wildman–Crippen MR) is 57.6 cm³/mol. The summed E-state index contributed by atoms with van der Waals surface area (Å²) < 4.78 is 5.28. The molecule has 3 fully saturated rings. The molecule has 0 radical (unpaired) electrons. The molecule has 1 saturated carbocycles. The number of hydrogen-bond donors (Lipinski definition) is 1. The van der Waals surface area contributed by atoms with Crippen LogP contribution in [0.5, 0.6) is 0 Å². The fourth-order valence-corrected chi connectivity index (χ4v) is 2.46. The van der Waals surface area contributed by atoms with Crippen LogP contribution in [0.15, 0.2) is 0 Å². The third-order valence-corrected chi connectivity index (χ3v) is 3.32. The molecule has 2 saturated heterocycles. The Bertz CT molecular complexity index is 340. The van der Waals surface area contributed by atoms with Gasteiger partial charge in [0.15, 0.2) is 0 Å². The number of amides is 2. The summed E-state index contributed by atoms with van der Waals surface area (Å²) in [5.74, 6) is -0.296. The summed E-state index contributed by atoms with van der Waals surface area (Å²) in [5, 5.41) is 0. The normalized spacial score (nSPS) is 32.2. The van der Waals surface area contributed by atoms with E-state index in [2.05, 4.69) is 0 Å². The van der Waals surface area contributed by atoms with Crippen LogP contribution in [-0.2, 0) is 9.53 Å². The van der Waals surface area contributed by atoms with Crippen molar-refractivity contribution in [2.75, 3.05) is 6.54 Å². The molecule has 1 aliphatic carbocycles. The molecule has 0 unspecified atom stereocenters. The largest absolute Gasteiger partial charge is 0.444 e. The highest BCUT2D eigenvalue weighted by molar-refractivity contribution is 5.85. The van der Waals surface area contributed by atoms with E-state index in [0.717, 1.165) is 0 Å². The van der Waals surface area contributed by atoms with Crippen molar-refractivity contribution in [2.24, 2.45) is 11.1 Å². The van der Waals surface area contributed by atoms with Gasteiger partial charge in [0.1, 0.15) is 5.60 Å². The van der Waals surface area contributed by atoms with Gasteiger partial charge in [0.25, 0.3) is 0 Å². The second kappa shape index (κ2) is 3.12. The lowest BCUT2D eigenvalue weighted by Gasteiger charge is -2.33. The molecule has 5 heteroatoms. The molecule has 5 nitrogen and oxygen atoms in total. The molecule has 90 valence electrons. The molecule has 0 aromatic carbocycles. The summed E-state index contributed by atoms with van der Waals surface area (Å²) in [6, 6.07) is 0.141. The van der Waals surface area contributed by atoms with Crippen molar-refractivity contribution in [1.29, 1.82) is 0 Å². The lowest BCUT2D eigenvalue weighted by Crippen LogP contribution is -2.45. The first-order valence-corrected chi connectivity index (χ1v) is 5.53. The zero-order valence-electron chi connectivity index (χ0n) is 9.95. The van der Waals surface area contributed by atoms with Crippen LogP contribution >= 0.6 is 0 Å². The summed E-state index contributed by atoms with van der Waals surface area (Å²) in [4.78, 5) is 24.7. The smallest absolute Gasteiger partial charge is 0.410 e. The van der Waals surface area contributed by atoms with Gasteiger partial charge in [0.2, 0.25) is 5.91 Å². The van der Waals surface area contributed by atoms with Gasteiger partial charge in [0.05, 0.1) is 5.41 Å². The van der Waals surface area contributed by atoms with E-state index in [1.165, 1.54) is 0 Å². The molecule has 16 heavy (non-hydrogen) atoms. The highest BCUT2D eigenvalue weighted by Crippen LogP contribution is 2.51. The Kier molecular flexibility index (Phi) is 2.19. The molecule has 2 N–H and O–H groups in total. The van der Waals surface area contributed by atoms with E-state index >= 15 is 0 Å². The van der Waals surface area contributed by atoms with E-state index in [9.17, 15) is 9.59 Å². The standard InChI is InChI=1S/C11H18N2O3/c1-10(2,3)16-9(15)13-6-11(8(12)14)4-7(13)5-11/h7H,4-6H2,1-3H3,(H2,12,14). The highest BCUT2D eigenvalue weighted by atomic mass is 16.6. The number of carbonyl (C=O) groups excluding carboxylic acids is 2. The third kappa shape index (κ3) is 1.64. The van der Waals surface area contributed by atoms with E-state index in [1.807, 2.05) is 20.8 Å². The number of carbonyl (C=O) groups is 2. The molecular formula is C11H18N2O3. The van der Waals surface area contributed by atoms with Crippen molar-refractivity contribution < 1.29 is 14.3 Å². The lowest BCUT2D eigenvalue weighted by molar-refractivity contribution is -0.129. The zero-order chi connectivity index (χ0) is 12.1. The molecule has 2 bridgehead atoms. The number of ether oxygens (including phenoxy) is 1. The average Bonchev–Trinajstić information content (AvgIpc) is 2.51. The second-order valence-corrected chi connectivity index (χ2v) is 5.81. The Morgan fingerprint density at radius 1 is 1.38 bits per heavy atom. The first kappa shape index (κ1) is 11.2. The van der Waals surface area contributed by atoms with Gasteiger partial charge in [0, 0.05) is 12.6 Å². The quantitative estimate of drug-likeness (QED) is 0.721. The van der Waals surface area contributed by atoms with Crippen molar-refractivity contribution in [2.45, 2.75) is 45.3 Å². The number of rotatable bonds is 1. The Morgan fingerprint density at radius 2 is 1.94 bits per heavy atom. The third-order valence-electron chi connectivity index (χ3n) is 3.32. The minimum atomic E-state index is -0.496. The Labute approximate surface area is 94.9 Å². The SMILES string of the molecule is CC(C)(C)OC(=O)N1CC2(C(N)=O)CC1C2. The van der Waals surface area contributed by atoms with Crippen LogP contribution in [0, 0.1) is 5.41 Å². The van der Waals surface area contributed by atoms with Crippen molar-refractivity contribution >= 4 is 12.0 Å². The molecule has 0 aromatic heterocycles. The maximum Gasteiger partial charge on any atom is 0.410 e. The predicted octanol–water partition coefficient (Wildman–Crippen LogP) is 0.871. The van der Waals surface area contributed by atoms with E-state index < -0.39 is 11.0 Å². The second-order valence-electron chi connectivity index (χ2n) is 5.81. The fourth-order valence-electron chi connectivity index (χ4n) is 2.46. The van der Waals surface area contributed by atoms with Gasteiger partial charge in [-0.3, -0.25) is 4.79 Å². The monoisotopic (exact) mass is 226 g/mol. The van der Waals surface area contributed by atoms with Gasteiger partial charge in [-0.15, -0.1) is 0 Å². The molecule has 0 aromatic rings. The first-order chi connectivity index (χ1) is 7.23. The first-order valence-electron chi connectivity index (χ1n) is 5.53. The molecule has 2 heterocycles. The van der Waals surface area contributed by atoms with Crippen LogP contribution in [0.4, 0.5) is 4.79 Å². The lowest BCUT2D eigenvalue weighted by atomic mass is 9.70. The zero-order valence-corrected chi connectivity index (χ0v) is 9.95. The molecule has 3 rings (SSSR count). The molecule has 0 atom stereocenters. The van der Waals surface area contributed by atoms with Crippen LogP contribution < -0.4 is 5.73 Å². The number of nitrogens with zero attached hydrogens (tertiary/aromatic N) is 1. The van der Waals surface area contributed by atoms with Crippen LogP contribution in [0.3, 0.4) is 0 Å². The molecule has 0 spiro atoms. The van der Waals surface area contributed by atoms with Gasteiger partial charge in [-0.2, -0.15) is 0 Å². The maximum absolute atomic E-state index is 11.8. The van der Waals surface area contributed by atoms with E-state index in [-0.39, 0.29) is 18.0 Å². The van der Waals surface area contributed by atoms with Gasteiger partial charge in [-0.05, 0) is 33.6 Å². The summed E-state index contributed by atoms with van der Waals surface area (Å²) >= 11 is 0. The minimum absolute atomic E-state index is 0.141. The van der Waals surface area contributed by atoms with Crippen LogP contribution in [0.2, 0.25) is 0 Å². The van der Waals surface area contributed by atoms with Crippen LogP contribution in [0.25, 0.3) is 0 Å². The van der Waals surface area contributed by atoms with Gasteiger partial charge < -0.3 is 15.4 Å². The van der Waals surface area contributed by atoms with Gasteiger partial charge in [-0.1, -0.05) is 0 Å². The molecule has 3 aliphatic rings.